The summed E-state index contributed by atoms with van der Waals surface area (Å²) in [5.41, 5.74) is 3.43. The van der Waals surface area contributed by atoms with Gasteiger partial charge in [-0.15, -0.1) is 0 Å². The molecule has 0 aliphatic heterocycles. The smallest absolute Gasteiger partial charge is 0.160 e. The number of fused-ring (bicyclic) bond motifs is 5. The third-order valence-corrected chi connectivity index (χ3v) is 6.81. The molecule has 0 unspecified atom stereocenters. The lowest BCUT2D eigenvalue weighted by Crippen LogP contribution is -2.39. The summed E-state index contributed by atoms with van der Waals surface area (Å²) < 4.78 is 5.28. The molecule has 114 valence electrons. The van der Waals surface area contributed by atoms with E-state index in [9.17, 15) is 5.11 Å². The Morgan fingerprint density at radius 2 is 2.05 bits per heavy atom. The van der Waals surface area contributed by atoms with Gasteiger partial charge in [0.2, 0.25) is 0 Å². The van der Waals surface area contributed by atoms with Crippen molar-refractivity contribution in [1.29, 1.82) is 0 Å². The summed E-state index contributed by atoms with van der Waals surface area (Å²) in [5, 5.41) is 10.2. The molecule has 0 saturated heterocycles. The van der Waals surface area contributed by atoms with Crippen molar-refractivity contribution in [3.8, 4) is 11.5 Å². The Labute approximate surface area is 127 Å². The molecule has 3 aliphatic carbocycles. The number of aromatic hydroxyl groups is 1. The van der Waals surface area contributed by atoms with Gasteiger partial charge in [-0.2, -0.15) is 0 Å². The first kappa shape index (κ1) is 13.5. The van der Waals surface area contributed by atoms with Gasteiger partial charge in [-0.25, -0.2) is 0 Å². The summed E-state index contributed by atoms with van der Waals surface area (Å²) in [6.45, 7) is 2.53. The quantitative estimate of drug-likeness (QED) is 0.814. The number of methoxy groups -OCH3 is 1. The maximum Gasteiger partial charge on any atom is 0.160 e. The molecule has 1 aromatic carbocycles. The number of hydrogen-bond donors (Lipinski definition) is 1. The van der Waals surface area contributed by atoms with Crippen LogP contribution >= 0.6 is 0 Å². The van der Waals surface area contributed by atoms with E-state index >= 15 is 0 Å². The summed E-state index contributed by atoms with van der Waals surface area (Å²) in [7, 11) is 1.64. The van der Waals surface area contributed by atoms with E-state index in [0.29, 0.717) is 22.8 Å². The first-order valence-corrected chi connectivity index (χ1v) is 8.52. The van der Waals surface area contributed by atoms with Crippen molar-refractivity contribution < 1.29 is 9.84 Å². The van der Waals surface area contributed by atoms with Crippen LogP contribution in [0.5, 0.6) is 11.5 Å². The van der Waals surface area contributed by atoms with Crippen LogP contribution in [0.25, 0.3) is 0 Å². The van der Waals surface area contributed by atoms with E-state index in [1.165, 1.54) is 49.7 Å². The van der Waals surface area contributed by atoms with Crippen molar-refractivity contribution in [3.05, 3.63) is 23.3 Å². The Balaban J connectivity index is 1.72. The van der Waals surface area contributed by atoms with Gasteiger partial charge in [0.25, 0.3) is 0 Å². The van der Waals surface area contributed by atoms with Crippen LogP contribution in [-0.4, -0.2) is 12.2 Å². The number of aryl methyl sites for hydroxylation is 1. The van der Waals surface area contributed by atoms with Crippen molar-refractivity contribution in [1.82, 2.24) is 0 Å². The Bertz CT molecular complexity index is 565. The average molecular weight is 286 g/mol. The molecule has 0 aromatic heterocycles. The molecule has 2 nitrogen and oxygen atoms in total. The van der Waals surface area contributed by atoms with Crippen LogP contribution in [0.2, 0.25) is 0 Å². The number of ether oxygens (including phenoxy) is 1. The molecule has 0 heterocycles. The fourth-order valence-corrected chi connectivity index (χ4v) is 5.74. The molecular formula is C19H26O2. The maximum atomic E-state index is 10.2. The first-order chi connectivity index (χ1) is 10.1. The largest absolute Gasteiger partial charge is 0.504 e. The van der Waals surface area contributed by atoms with Gasteiger partial charge in [0.15, 0.2) is 11.5 Å². The zero-order valence-electron chi connectivity index (χ0n) is 13.2. The highest BCUT2D eigenvalue weighted by molar-refractivity contribution is 5.49. The number of benzene rings is 1. The third kappa shape index (κ3) is 1.91. The molecule has 4 rings (SSSR count). The Morgan fingerprint density at radius 3 is 2.86 bits per heavy atom. The zero-order valence-corrected chi connectivity index (χ0v) is 13.2. The zero-order chi connectivity index (χ0) is 14.6. The Kier molecular flexibility index (Phi) is 2.99. The van der Waals surface area contributed by atoms with Crippen molar-refractivity contribution in [2.24, 2.45) is 17.3 Å². The molecule has 2 heteroatoms. The lowest BCUT2D eigenvalue weighted by Gasteiger charge is -2.49. The summed E-state index contributed by atoms with van der Waals surface area (Å²) in [6.07, 6.45) is 9.43. The predicted molar refractivity (Wildman–Crippen MR) is 83.9 cm³/mol. The van der Waals surface area contributed by atoms with Gasteiger partial charge in [0.05, 0.1) is 7.11 Å². The van der Waals surface area contributed by atoms with Crippen LogP contribution in [0.4, 0.5) is 0 Å². The van der Waals surface area contributed by atoms with Crippen LogP contribution in [0.1, 0.15) is 62.5 Å². The summed E-state index contributed by atoms with van der Waals surface area (Å²) in [5.74, 6) is 3.37. The summed E-state index contributed by atoms with van der Waals surface area (Å²) in [4.78, 5) is 0. The van der Waals surface area contributed by atoms with E-state index in [2.05, 4.69) is 13.0 Å². The number of hydrogen-bond acceptors (Lipinski definition) is 2. The normalized spacial score (nSPS) is 37.5. The van der Waals surface area contributed by atoms with Crippen molar-refractivity contribution >= 4 is 0 Å². The van der Waals surface area contributed by atoms with E-state index < -0.39 is 0 Å². The minimum absolute atomic E-state index is 0.316. The molecule has 2 fully saturated rings. The highest BCUT2D eigenvalue weighted by Crippen LogP contribution is 2.61. The molecule has 3 aliphatic rings. The fraction of sp³-hybridized carbons (Fsp3) is 0.684. The number of rotatable bonds is 1. The third-order valence-electron chi connectivity index (χ3n) is 6.81. The minimum atomic E-state index is 0.316. The lowest BCUT2D eigenvalue weighted by molar-refractivity contribution is 0.0597. The minimum Gasteiger partial charge on any atom is -0.504 e. The molecule has 0 radical (unpaired) electrons. The Hall–Kier alpha value is -1.18. The Morgan fingerprint density at radius 1 is 1.19 bits per heavy atom. The second kappa shape index (κ2) is 4.66. The molecular weight excluding hydrogens is 260 g/mol. The predicted octanol–water partition coefficient (Wildman–Crippen LogP) is 4.65. The number of phenols is 1. The van der Waals surface area contributed by atoms with Crippen molar-refractivity contribution in [2.75, 3.05) is 7.11 Å². The van der Waals surface area contributed by atoms with Crippen LogP contribution in [-0.2, 0) is 6.42 Å². The van der Waals surface area contributed by atoms with Crippen LogP contribution in [0.3, 0.4) is 0 Å². The molecule has 4 atom stereocenters. The van der Waals surface area contributed by atoms with E-state index in [-0.39, 0.29) is 0 Å². The van der Waals surface area contributed by atoms with E-state index in [0.717, 1.165) is 18.3 Å². The monoisotopic (exact) mass is 286 g/mol. The first-order valence-electron chi connectivity index (χ1n) is 8.52. The average Bonchev–Trinajstić information content (AvgIpc) is 2.88. The van der Waals surface area contributed by atoms with Crippen LogP contribution in [0.15, 0.2) is 12.1 Å². The summed E-state index contributed by atoms with van der Waals surface area (Å²) >= 11 is 0. The second-order valence-electron chi connectivity index (χ2n) is 7.72. The topological polar surface area (TPSA) is 29.5 Å². The lowest BCUT2D eigenvalue weighted by atomic mass is 9.56. The van der Waals surface area contributed by atoms with Crippen molar-refractivity contribution in [2.45, 2.75) is 57.8 Å². The van der Waals surface area contributed by atoms with Crippen molar-refractivity contribution in [3.63, 3.8) is 0 Å². The van der Waals surface area contributed by atoms with E-state index in [1.807, 2.05) is 6.07 Å². The molecule has 21 heavy (non-hydrogen) atoms. The second-order valence-corrected chi connectivity index (χ2v) is 7.72. The fourth-order valence-electron chi connectivity index (χ4n) is 5.74. The number of phenolic OH excluding ortho intramolecular Hbond substituents is 1. The molecule has 1 N–H and O–H groups in total. The molecule has 0 bridgehead atoms. The van der Waals surface area contributed by atoms with E-state index in [4.69, 9.17) is 4.74 Å². The van der Waals surface area contributed by atoms with Gasteiger partial charge >= 0.3 is 0 Å². The maximum absolute atomic E-state index is 10.2. The molecule has 0 amide bonds. The van der Waals surface area contributed by atoms with Gasteiger partial charge in [-0.1, -0.05) is 13.3 Å². The van der Waals surface area contributed by atoms with Gasteiger partial charge in [0.1, 0.15) is 0 Å². The van der Waals surface area contributed by atoms with Gasteiger partial charge in [-0.3, -0.25) is 0 Å². The van der Waals surface area contributed by atoms with Gasteiger partial charge in [0, 0.05) is 0 Å². The van der Waals surface area contributed by atoms with Gasteiger partial charge in [-0.05, 0) is 85.0 Å². The van der Waals surface area contributed by atoms with Gasteiger partial charge < -0.3 is 9.84 Å². The van der Waals surface area contributed by atoms with Crippen LogP contribution < -0.4 is 4.74 Å². The molecule has 0 spiro atoms. The highest BCUT2D eigenvalue weighted by Gasteiger charge is 2.50. The molecule has 2 saturated carbocycles. The van der Waals surface area contributed by atoms with Crippen LogP contribution in [0, 0.1) is 17.3 Å². The molecule has 1 aromatic rings. The highest BCUT2D eigenvalue weighted by atomic mass is 16.5. The summed E-state index contributed by atoms with van der Waals surface area (Å²) in [6, 6.07) is 4.08. The standard InChI is InChI=1S/C19H26O2/c1-19-8-3-4-16(19)14-6-5-12-10-18(21-2)17(20)11-15(12)13(14)7-9-19/h10-11,13-14,16,20H,3-9H2,1-2H3/t13-,14+,16-,19-/m0/s1. The SMILES string of the molecule is COc1cc2c(cc1O)[C@H]1CC[C@]3(C)CCC[C@H]3[C@@H]1CC2. The van der Waals surface area contributed by atoms with E-state index in [1.54, 1.807) is 7.11 Å².